The minimum Gasteiger partial charge on any atom is -0.388 e. The number of carbonyl (C=O) groups is 1. The van der Waals surface area contributed by atoms with Crippen molar-refractivity contribution < 1.29 is 17.6 Å². The third kappa shape index (κ3) is 4.43. The third-order valence-electron chi connectivity index (χ3n) is 6.46. The van der Waals surface area contributed by atoms with Crippen LogP contribution in [0.1, 0.15) is 24.0 Å². The maximum Gasteiger partial charge on any atom is 0.437 e. The molecule has 1 aromatic heterocycles. The zero-order chi connectivity index (χ0) is 23.7. The number of piperazine rings is 1. The molecule has 5 rings (SSSR count). The van der Waals surface area contributed by atoms with E-state index in [0.29, 0.717) is 10.5 Å². The van der Waals surface area contributed by atoms with E-state index in [4.69, 9.17) is 4.42 Å². The smallest absolute Gasteiger partial charge is 0.388 e. The van der Waals surface area contributed by atoms with Crippen LogP contribution in [0.4, 0.5) is 0 Å². The molecule has 0 saturated carbocycles. The lowest BCUT2D eigenvalue weighted by Gasteiger charge is -2.34. The fourth-order valence-electron chi connectivity index (χ4n) is 4.53. The van der Waals surface area contributed by atoms with Gasteiger partial charge in [0.05, 0.1) is 4.90 Å². The van der Waals surface area contributed by atoms with Crippen LogP contribution in [0.15, 0.2) is 62.6 Å². The van der Waals surface area contributed by atoms with Gasteiger partial charge in [0.2, 0.25) is 21.8 Å². The molecule has 2 heterocycles. The van der Waals surface area contributed by atoms with Crippen molar-refractivity contribution in [2.45, 2.75) is 37.1 Å². The van der Waals surface area contributed by atoms with E-state index >= 15 is 0 Å². The first-order chi connectivity index (χ1) is 16.4. The summed E-state index contributed by atoms with van der Waals surface area (Å²) in [6, 6.07) is 14.4. The molecule has 9 nitrogen and oxygen atoms in total. The number of carbonyl (C=O) groups excluding carboxylic acids is 1. The Morgan fingerprint density at radius 3 is 2.38 bits per heavy atom. The van der Waals surface area contributed by atoms with E-state index in [2.05, 4.69) is 5.10 Å². The van der Waals surface area contributed by atoms with E-state index in [1.165, 1.54) is 9.87 Å². The number of hydrogen-bond acceptors (Lipinski definition) is 6. The van der Waals surface area contributed by atoms with E-state index in [0.717, 1.165) is 35.9 Å². The van der Waals surface area contributed by atoms with Gasteiger partial charge < -0.3 is 9.32 Å². The summed E-state index contributed by atoms with van der Waals surface area (Å²) in [5.41, 5.74) is 3.00. The fourth-order valence-corrected chi connectivity index (χ4v) is 6.00. The summed E-state index contributed by atoms with van der Waals surface area (Å²) in [4.78, 5) is 26.8. The SMILES string of the molecule is O=C(Cn1nc(-c2ccccc2)oc1=O)N1CCN(S(=O)(=O)c2ccc3c(c2)CCCC3)CC1. The van der Waals surface area contributed by atoms with Gasteiger partial charge in [-0.05, 0) is 61.1 Å². The van der Waals surface area contributed by atoms with Crippen LogP contribution in [0.3, 0.4) is 0 Å². The maximum absolute atomic E-state index is 13.2. The van der Waals surface area contributed by atoms with Gasteiger partial charge in [-0.3, -0.25) is 4.79 Å². The molecule has 0 unspecified atom stereocenters. The molecule has 34 heavy (non-hydrogen) atoms. The summed E-state index contributed by atoms with van der Waals surface area (Å²) in [5, 5.41) is 4.13. The number of nitrogens with zero attached hydrogens (tertiary/aromatic N) is 4. The number of benzene rings is 2. The molecule has 1 aliphatic carbocycles. The molecule has 2 aliphatic rings. The summed E-state index contributed by atoms with van der Waals surface area (Å²) in [5.74, 6) is -0.860. The van der Waals surface area contributed by atoms with E-state index in [1.807, 2.05) is 18.2 Å². The van der Waals surface area contributed by atoms with Crippen LogP contribution in [-0.2, 0) is 34.2 Å². The van der Waals surface area contributed by atoms with Gasteiger partial charge in [-0.15, -0.1) is 5.10 Å². The molecule has 0 radical (unpaired) electrons. The highest BCUT2D eigenvalue weighted by atomic mass is 32.2. The lowest BCUT2D eigenvalue weighted by molar-refractivity contribution is -0.133. The minimum atomic E-state index is -3.62. The predicted octanol–water partition coefficient (Wildman–Crippen LogP) is 1.92. The van der Waals surface area contributed by atoms with Crippen LogP contribution in [0, 0.1) is 0 Å². The molecule has 1 amide bonds. The first-order valence-electron chi connectivity index (χ1n) is 11.4. The second-order valence-corrected chi connectivity index (χ2v) is 10.6. The second-order valence-electron chi connectivity index (χ2n) is 8.62. The van der Waals surface area contributed by atoms with Crippen molar-refractivity contribution in [2.24, 2.45) is 0 Å². The fraction of sp³-hybridized carbons (Fsp3) is 0.375. The van der Waals surface area contributed by atoms with Gasteiger partial charge in [0.1, 0.15) is 6.54 Å². The van der Waals surface area contributed by atoms with E-state index < -0.39 is 15.8 Å². The van der Waals surface area contributed by atoms with Crippen molar-refractivity contribution >= 4 is 15.9 Å². The Morgan fingerprint density at radius 2 is 1.65 bits per heavy atom. The third-order valence-corrected chi connectivity index (χ3v) is 8.36. The minimum absolute atomic E-state index is 0.152. The zero-order valence-electron chi connectivity index (χ0n) is 18.7. The van der Waals surface area contributed by atoms with E-state index in [1.54, 1.807) is 35.2 Å². The Hall–Kier alpha value is -3.24. The highest BCUT2D eigenvalue weighted by molar-refractivity contribution is 7.89. The average molecular weight is 483 g/mol. The van der Waals surface area contributed by atoms with Crippen LogP contribution in [0.2, 0.25) is 0 Å². The summed E-state index contributed by atoms with van der Waals surface area (Å²) in [6.07, 6.45) is 4.13. The Morgan fingerprint density at radius 1 is 0.941 bits per heavy atom. The number of sulfonamides is 1. The molecule has 0 atom stereocenters. The predicted molar refractivity (Wildman–Crippen MR) is 125 cm³/mol. The summed E-state index contributed by atoms with van der Waals surface area (Å²) in [7, 11) is -3.62. The van der Waals surface area contributed by atoms with Crippen molar-refractivity contribution in [3.8, 4) is 11.5 Å². The molecule has 1 aliphatic heterocycles. The van der Waals surface area contributed by atoms with Crippen molar-refractivity contribution in [1.82, 2.24) is 19.0 Å². The lowest BCUT2D eigenvalue weighted by atomic mass is 9.92. The summed E-state index contributed by atoms with van der Waals surface area (Å²) in [6.45, 7) is 0.650. The standard InChI is InChI=1S/C24H26N4O5S/c29-22(17-28-24(30)33-23(25-28)19-7-2-1-3-8-19)26-12-14-27(15-13-26)34(31,32)21-11-10-18-6-4-5-9-20(18)16-21/h1-3,7-8,10-11,16H,4-6,9,12-15,17H2. The molecular weight excluding hydrogens is 456 g/mol. The molecular formula is C24H26N4O5S. The number of hydrogen-bond donors (Lipinski definition) is 0. The average Bonchev–Trinajstić information content (AvgIpc) is 3.24. The Balaban J connectivity index is 1.23. The molecule has 3 aromatic rings. The molecule has 10 heteroatoms. The van der Waals surface area contributed by atoms with Gasteiger partial charge in [0.15, 0.2) is 0 Å². The zero-order valence-corrected chi connectivity index (χ0v) is 19.5. The molecule has 1 fully saturated rings. The Labute approximate surface area is 197 Å². The Kier molecular flexibility index (Phi) is 6.09. The topological polar surface area (TPSA) is 106 Å². The van der Waals surface area contributed by atoms with Crippen LogP contribution in [-0.4, -0.2) is 59.5 Å². The quantitative estimate of drug-likeness (QED) is 0.550. The highest BCUT2D eigenvalue weighted by Gasteiger charge is 2.31. The summed E-state index contributed by atoms with van der Waals surface area (Å²) >= 11 is 0. The van der Waals surface area contributed by atoms with Gasteiger partial charge in [0.25, 0.3) is 0 Å². The van der Waals surface area contributed by atoms with Gasteiger partial charge in [0, 0.05) is 31.7 Å². The lowest BCUT2D eigenvalue weighted by Crippen LogP contribution is -2.51. The van der Waals surface area contributed by atoms with Gasteiger partial charge in [-0.1, -0.05) is 24.3 Å². The van der Waals surface area contributed by atoms with E-state index in [-0.39, 0.29) is 44.5 Å². The molecule has 2 aromatic carbocycles. The van der Waals surface area contributed by atoms with Gasteiger partial charge >= 0.3 is 5.76 Å². The number of aryl methyl sites for hydroxylation is 2. The molecule has 178 valence electrons. The number of amides is 1. The van der Waals surface area contributed by atoms with Crippen LogP contribution in [0.25, 0.3) is 11.5 Å². The van der Waals surface area contributed by atoms with Crippen LogP contribution >= 0.6 is 0 Å². The van der Waals surface area contributed by atoms with Crippen LogP contribution in [0.5, 0.6) is 0 Å². The first-order valence-corrected chi connectivity index (χ1v) is 12.9. The van der Waals surface area contributed by atoms with Crippen molar-refractivity contribution in [2.75, 3.05) is 26.2 Å². The highest BCUT2D eigenvalue weighted by Crippen LogP contribution is 2.26. The van der Waals surface area contributed by atoms with Crippen molar-refractivity contribution in [3.63, 3.8) is 0 Å². The molecule has 1 saturated heterocycles. The van der Waals surface area contributed by atoms with Gasteiger partial charge in [-0.2, -0.15) is 8.99 Å². The van der Waals surface area contributed by atoms with E-state index in [9.17, 15) is 18.0 Å². The number of rotatable bonds is 5. The maximum atomic E-state index is 13.2. The normalized spacial score (nSPS) is 16.9. The second kappa shape index (κ2) is 9.19. The number of fused-ring (bicyclic) bond motifs is 1. The molecule has 0 bridgehead atoms. The summed E-state index contributed by atoms with van der Waals surface area (Å²) < 4.78 is 34.0. The molecule has 0 N–H and O–H groups in total. The monoisotopic (exact) mass is 482 g/mol. The van der Waals surface area contributed by atoms with Crippen molar-refractivity contribution in [1.29, 1.82) is 0 Å². The van der Waals surface area contributed by atoms with Crippen LogP contribution < -0.4 is 5.76 Å². The largest absolute Gasteiger partial charge is 0.437 e. The molecule has 0 spiro atoms. The first kappa shape index (κ1) is 22.5. The number of aromatic nitrogens is 2. The van der Waals surface area contributed by atoms with Crippen molar-refractivity contribution in [3.05, 3.63) is 70.2 Å². The van der Waals surface area contributed by atoms with Gasteiger partial charge in [-0.25, -0.2) is 13.2 Å². The Bertz CT molecular complexity index is 1360.